The van der Waals surface area contributed by atoms with Crippen LogP contribution >= 0.6 is 0 Å². The number of nitrogens with two attached hydrogens (primary N) is 2. The van der Waals surface area contributed by atoms with E-state index in [4.69, 9.17) is 11.5 Å². The molecular formula is C14H26N2O4. The van der Waals surface area contributed by atoms with Crippen LogP contribution in [0.1, 0.15) is 64.7 Å². The number of carbonyl (C=O) groups is 3. The molecule has 0 aliphatic rings. The minimum atomic E-state index is -1.16. The quantitative estimate of drug-likeness (QED) is 0.338. The molecule has 0 rings (SSSR count). The van der Waals surface area contributed by atoms with E-state index >= 15 is 0 Å². The van der Waals surface area contributed by atoms with E-state index in [-0.39, 0.29) is 12.8 Å². The van der Waals surface area contributed by atoms with Gasteiger partial charge in [-0.25, -0.2) is 4.79 Å². The number of ether oxygens (including phenoxy) is 1. The zero-order valence-electron chi connectivity index (χ0n) is 12.2. The van der Waals surface area contributed by atoms with E-state index < -0.39 is 23.9 Å². The topological polar surface area (TPSA) is 112 Å². The molecule has 0 aromatic rings. The van der Waals surface area contributed by atoms with E-state index in [2.05, 4.69) is 11.7 Å². The standard InChI is InChI=1S/C14H26N2O4/c1-2-3-4-5-6-7-8-9-13(18)20-14(19)11(15)10-12(16)17/h11H,2-10,15H2,1H3,(H2,16,17). The van der Waals surface area contributed by atoms with Crippen molar-refractivity contribution in [1.82, 2.24) is 0 Å². The maximum absolute atomic E-state index is 11.4. The van der Waals surface area contributed by atoms with E-state index in [1.165, 1.54) is 25.7 Å². The van der Waals surface area contributed by atoms with Crippen LogP contribution in [-0.2, 0) is 19.1 Å². The summed E-state index contributed by atoms with van der Waals surface area (Å²) in [5, 5.41) is 0. The molecule has 0 aliphatic heterocycles. The van der Waals surface area contributed by atoms with E-state index in [1.807, 2.05) is 0 Å². The lowest BCUT2D eigenvalue weighted by atomic mass is 10.1. The summed E-state index contributed by atoms with van der Waals surface area (Å²) >= 11 is 0. The van der Waals surface area contributed by atoms with Crippen molar-refractivity contribution in [3.8, 4) is 0 Å². The van der Waals surface area contributed by atoms with Gasteiger partial charge in [-0.3, -0.25) is 9.59 Å². The Bertz CT molecular complexity index is 318. The monoisotopic (exact) mass is 286 g/mol. The van der Waals surface area contributed by atoms with E-state index in [1.54, 1.807) is 0 Å². The first-order valence-corrected chi connectivity index (χ1v) is 7.25. The van der Waals surface area contributed by atoms with Crippen molar-refractivity contribution < 1.29 is 19.1 Å². The van der Waals surface area contributed by atoms with E-state index in [9.17, 15) is 14.4 Å². The van der Waals surface area contributed by atoms with Gasteiger partial charge in [-0.1, -0.05) is 45.4 Å². The van der Waals surface area contributed by atoms with Gasteiger partial charge in [0.15, 0.2) is 0 Å². The lowest BCUT2D eigenvalue weighted by molar-refractivity contribution is -0.161. The molecule has 0 aromatic carbocycles. The molecule has 0 aromatic heterocycles. The summed E-state index contributed by atoms with van der Waals surface area (Å²) in [4.78, 5) is 33.3. The van der Waals surface area contributed by atoms with Crippen LogP contribution in [0.25, 0.3) is 0 Å². The van der Waals surface area contributed by atoms with Gasteiger partial charge < -0.3 is 16.2 Å². The van der Waals surface area contributed by atoms with Gasteiger partial charge in [0.05, 0.1) is 6.42 Å². The van der Waals surface area contributed by atoms with Crippen LogP contribution in [0.15, 0.2) is 0 Å². The molecule has 4 N–H and O–H groups in total. The highest BCUT2D eigenvalue weighted by Crippen LogP contribution is 2.09. The third kappa shape index (κ3) is 10.5. The smallest absolute Gasteiger partial charge is 0.331 e. The fraction of sp³-hybridized carbons (Fsp3) is 0.786. The fourth-order valence-electron chi connectivity index (χ4n) is 1.77. The zero-order chi connectivity index (χ0) is 15.4. The molecule has 0 spiro atoms. The molecule has 0 aliphatic carbocycles. The number of amides is 1. The maximum Gasteiger partial charge on any atom is 0.331 e. The number of unbranched alkanes of at least 4 members (excludes halogenated alkanes) is 6. The summed E-state index contributed by atoms with van der Waals surface area (Å²) in [7, 11) is 0. The largest absolute Gasteiger partial charge is 0.392 e. The third-order valence-electron chi connectivity index (χ3n) is 2.92. The molecule has 1 atom stereocenters. The van der Waals surface area contributed by atoms with Crippen LogP contribution in [0.4, 0.5) is 0 Å². The second kappa shape index (κ2) is 11.4. The van der Waals surface area contributed by atoms with Crippen LogP contribution in [0.3, 0.4) is 0 Å². The number of carbonyl (C=O) groups excluding carboxylic acids is 3. The van der Waals surface area contributed by atoms with Gasteiger partial charge in [-0.2, -0.15) is 0 Å². The third-order valence-corrected chi connectivity index (χ3v) is 2.92. The minimum Gasteiger partial charge on any atom is -0.392 e. The molecule has 0 saturated heterocycles. The molecule has 0 saturated carbocycles. The molecule has 1 amide bonds. The normalized spacial score (nSPS) is 11.9. The molecular weight excluding hydrogens is 260 g/mol. The van der Waals surface area contributed by atoms with Gasteiger partial charge in [-0.15, -0.1) is 0 Å². The first-order valence-electron chi connectivity index (χ1n) is 7.25. The highest BCUT2D eigenvalue weighted by Gasteiger charge is 2.20. The summed E-state index contributed by atoms with van der Waals surface area (Å²) < 4.78 is 4.55. The van der Waals surface area contributed by atoms with Crippen LogP contribution in [-0.4, -0.2) is 23.9 Å². The Kier molecular flexibility index (Phi) is 10.6. The van der Waals surface area contributed by atoms with Crippen LogP contribution in [0.2, 0.25) is 0 Å². The molecule has 6 nitrogen and oxygen atoms in total. The zero-order valence-corrected chi connectivity index (χ0v) is 12.2. The van der Waals surface area contributed by atoms with Gasteiger partial charge >= 0.3 is 11.9 Å². The molecule has 0 radical (unpaired) electrons. The second-order valence-corrected chi connectivity index (χ2v) is 4.94. The Balaban J connectivity index is 3.62. The first kappa shape index (κ1) is 18.6. The highest BCUT2D eigenvalue weighted by atomic mass is 16.6. The number of hydrogen-bond donors (Lipinski definition) is 2. The summed E-state index contributed by atoms with van der Waals surface area (Å²) in [6.45, 7) is 2.16. The van der Waals surface area contributed by atoms with Crippen LogP contribution in [0.5, 0.6) is 0 Å². The molecule has 0 fully saturated rings. The number of hydrogen-bond acceptors (Lipinski definition) is 5. The van der Waals surface area contributed by atoms with Crippen molar-refractivity contribution in [2.24, 2.45) is 11.5 Å². The van der Waals surface area contributed by atoms with Crippen molar-refractivity contribution in [2.45, 2.75) is 70.8 Å². The average molecular weight is 286 g/mol. The Labute approximate surface area is 120 Å². The number of rotatable bonds is 11. The van der Waals surface area contributed by atoms with Crippen LogP contribution in [0, 0.1) is 0 Å². The van der Waals surface area contributed by atoms with Crippen molar-refractivity contribution in [3.63, 3.8) is 0 Å². The maximum atomic E-state index is 11.4. The van der Waals surface area contributed by atoms with Crippen LogP contribution < -0.4 is 11.5 Å². The average Bonchev–Trinajstić information content (AvgIpc) is 2.36. The van der Waals surface area contributed by atoms with Crippen molar-refractivity contribution >= 4 is 17.8 Å². The second-order valence-electron chi connectivity index (χ2n) is 4.94. The lowest BCUT2D eigenvalue weighted by Crippen LogP contribution is -2.37. The summed E-state index contributed by atoms with van der Waals surface area (Å²) in [5.41, 5.74) is 10.3. The Morgan fingerprint density at radius 2 is 1.55 bits per heavy atom. The number of esters is 2. The van der Waals surface area contributed by atoms with Gasteiger partial charge in [0.2, 0.25) is 5.91 Å². The van der Waals surface area contributed by atoms with Crippen molar-refractivity contribution in [2.75, 3.05) is 0 Å². The Hall–Kier alpha value is -1.43. The number of primary amides is 1. The predicted molar refractivity (Wildman–Crippen MR) is 75.5 cm³/mol. The molecule has 20 heavy (non-hydrogen) atoms. The minimum absolute atomic E-state index is 0.197. The van der Waals surface area contributed by atoms with E-state index in [0.717, 1.165) is 12.8 Å². The van der Waals surface area contributed by atoms with E-state index in [0.29, 0.717) is 6.42 Å². The summed E-state index contributed by atoms with van der Waals surface area (Å²) in [6, 6.07) is -1.16. The summed E-state index contributed by atoms with van der Waals surface area (Å²) in [5.74, 6) is -2.19. The van der Waals surface area contributed by atoms with Gasteiger partial charge in [0, 0.05) is 6.42 Å². The molecule has 0 bridgehead atoms. The van der Waals surface area contributed by atoms with Gasteiger partial charge in [0.25, 0.3) is 0 Å². The SMILES string of the molecule is CCCCCCCCCC(=O)OC(=O)C(N)CC(N)=O. The summed E-state index contributed by atoms with van der Waals surface area (Å²) in [6.07, 6.45) is 7.46. The first-order chi connectivity index (χ1) is 9.47. The molecule has 6 heteroatoms. The van der Waals surface area contributed by atoms with Gasteiger partial charge in [-0.05, 0) is 6.42 Å². The highest BCUT2D eigenvalue weighted by molar-refractivity contribution is 5.91. The Morgan fingerprint density at radius 3 is 2.10 bits per heavy atom. The van der Waals surface area contributed by atoms with Crippen molar-refractivity contribution in [3.05, 3.63) is 0 Å². The predicted octanol–water partition coefficient (Wildman–Crippen LogP) is 1.40. The Morgan fingerprint density at radius 1 is 1.00 bits per heavy atom. The molecule has 116 valence electrons. The van der Waals surface area contributed by atoms with Gasteiger partial charge in [0.1, 0.15) is 6.04 Å². The molecule has 1 unspecified atom stereocenters. The fourth-order valence-corrected chi connectivity index (χ4v) is 1.77. The van der Waals surface area contributed by atoms with Crippen molar-refractivity contribution in [1.29, 1.82) is 0 Å². The lowest BCUT2D eigenvalue weighted by Gasteiger charge is -2.08. The molecule has 0 heterocycles.